The Morgan fingerprint density at radius 1 is 1.19 bits per heavy atom. The lowest BCUT2D eigenvalue weighted by atomic mass is 10.0. The predicted molar refractivity (Wildman–Crippen MR) is 121 cm³/mol. The third-order valence-corrected chi connectivity index (χ3v) is 4.89. The van der Waals surface area contributed by atoms with Crippen LogP contribution >= 0.6 is 0 Å². The second-order valence-electron chi connectivity index (χ2n) is 7.00. The van der Waals surface area contributed by atoms with E-state index in [1.54, 1.807) is 19.2 Å². The maximum Gasteiger partial charge on any atom is 0.349 e. The van der Waals surface area contributed by atoms with Crippen LogP contribution in [0.4, 0.5) is 28.1 Å². The van der Waals surface area contributed by atoms with E-state index in [0.717, 1.165) is 15.5 Å². The predicted octanol–water partition coefficient (Wildman–Crippen LogP) is 2.09. The number of nitrogen functional groups attached to an aromatic ring is 2. The first-order chi connectivity index (χ1) is 14.9. The molecule has 31 heavy (non-hydrogen) atoms. The highest BCUT2D eigenvalue weighted by Gasteiger charge is 2.18. The van der Waals surface area contributed by atoms with E-state index in [0.29, 0.717) is 23.4 Å². The van der Waals surface area contributed by atoms with Crippen LogP contribution in [0.5, 0.6) is 0 Å². The Hall–Kier alpha value is -4.34. The fourth-order valence-corrected chi connectivity index (χ4v) is 3.30. The summed E-state index contributed by atoms with van der Waals surface area (Å²) in [4.78, 5) is 28.4. The Morgan fingerprint density at radius 2 is 2.03 bits per heavy atom. The van der Waals surface area contributed by atoms with Gasteiger partial charge in [0.1, 0.15) is 0 Å². The van der Waals surface area contributed by atoms with E-state index in [2.05, 4.69) is 26.0 Å². The Kier molecular flexibility index (Phi) is 5.27. The van der Waals surface area contributed by atoms with Gasteiger partial charge in [0, 0.05) is 29.4 Å². The minimum Gasteiger partial charge on any atom is -0.398 e. The number of carbonyl (C=O) groups excluding carboxylic acids is 2. The van der Waals surface area contributed by atoms with Crippen LogP contribution in [0, 0.1) is 0 Å². The molecule has 10 nitrogen and oxygen atoms in total. The summed E-state index contributed by atoms with van der Waals surface area (Å²) in [6.45, 7) is 0. The minimum absolute atomic E-state index is 0.0496. The molecule has 4 rings (SSSR count). The Bertz CT molecular complexity index is 1230. The summed E-state index contributed by atoms with van der Waals surface area (Å²) in [5.41, 5.74) is 13.7. The van der Waals surface area contributed by atoms with Crippen molar-refractivity contribution in [3.8, 4) is 0 Å². The number of anilines is 4. The van der Waals surface area contributed by atoms with Gasteiger partial charge in [-0.2, -0.15) is 4.98 Å². The smallest absolute Gasteiger partial charge is 0.349 e. The van der Waals surface area contributed by atoms with Crippen molar-refractivity contribution in [3.05, 3.63) is 60.2 Å². The molecule has 158 valence electrons. The van der Waals surface area contributed by atoms with Gasteiger partial charge in [0.15, 0.2) is 0 Å². The Balaban J connectivity index is 1.44. The molecule has 1 unspecified atom stereocenters. The number of benzene rings is 2. The van der Waals surface area contributed by atoms with Crippen LogP contribution in [0.2, 0.25) is 0 Å². The number of nitrogens with zero attached hydrogens (tertiary/aromatic N) is 3. The summed E-state index contributed by atoms with van der Waals surface area (Å²) in [7, 11) is 1.58. The van der Waals surface area contributed by atoms with E-state index in [1.165, 1.54) is 0 Å². The fourth-order valence-electron chi connectivity index (χ4n) is 3.30. The van der Waals surface area contributed by atoms with Crippen LogP contribution in [0.1, 0.15) is 6.42 Å². The van der Waals surface area contributed by atoms with Crippen LogP contribution in [-0.2, 0) is 4.79 Å². The highest BCUT2D eigenvalue weighted by atomic mass is 16.2. The van der Waals surface area contributed by atoms with E-state index in [9.17, 15) is 9.59 Å². The van der Waals surface area contributed by atoms with Crippen molar-refractivity contribution in [1.82, 2.24) is 20.1 Å². The molecule has 0 saturated carbocycles. The van der Waals surface area contributed by atoms with Gasteiger partial charge in [-0.05, 0) is 30.0 Å². The second kappa shape index (κ2) is 8.19. The Labute approximate surface area is 178 Å². The molecule has 1 aromatic heterocycles. The van der Waals surface area contributed by atoms with E-state index in [-0.39, 0.29) is 23.8 Å². The van der Waals surface area contributed by atoms with Crippen LogP contribution in [0.3, 0.4) is 0 Å². The van der Waals surface area contributed by atoms with Crippen LogP contribution in [-0.4, -0.2) is 39.8 Å². The van der Waals surface area contributed by atoms with Crippen molar-refractivity contribution in [2.24, 2.45) is 0 Å². The molecule has 0 aliphatic heterocycles. The second-order valence-corrected chi connectivity index (χ2v) is 7.00. The SMILES string of the molecule is CNC(=O)C1=CCC(Nc2nc(N)n(C(=O)Nc3ccc4c(N)cccc4c3)n2)C=C1. The quantitative estimate of drug-likeness (QED) is 0.407. The molecular weight excluding hydrogens is 396 g/mol. The number of nitrogens with one attached hydrogen (secondary N) is 3. The maximum absolute atomic E-state index is 12.6. The number of hydrogen-bond acceptors (Lipinski definition) is 7. The largest absolute Gasteiger partial charge is 0.398 e. The number of nitrogens with two attached hydrogens (primary N) is 2. The van der Waals surface area contributed by atoms with E-state index >= 15 is 0 Å². The van der Waals surface area contributed by atoms with Crippen molar-refractivity contribution in [2.75, 3.05) is 29.1 Å². The van der Waals surface area contributed by atoms with Crippen molar-refractivity contribution in [3.63, 3.8) is 0 Å². The number of amides is 2. The standard InChI is InChI=1S/C21H22N8O2/c1-24-18(30)12-5-7-14(8-6-12)25-20-27-19(23)29(28-20)21(31)26-15-9-10-16-13(11-15)3-2-4-17(16)22/h2-7,9-11,14H,8,22H2,1H3,(H,24,30)(H,26,31)(H3,23,25,27,28). The highest BCUT2D eigenvalue weighted by molar-refractivity contribution is 5.98. The first-order valence-electron chi connectivity index (χ1n) is 9.63. The lowest BCUT2D eigenvalue weighted by Crippen LogP contribution is -2.24. The van der Waals surface area contributed by atoms with E-state index < -0.39 is 6.03 Å². The average molecular weight is 418 g/mol. The molecule has 0 spiro atoms. The number of fused-ring (bicyclic) bond motifs is 1. The van der Waals surface area contributed by atoms with Gasteiger partial charge in [-0.3, -0.25) is 4.79 Å². The van der Waals surface area contributed by atoms with Crippen LogP contribution < -0.4 is 27.4 Å². The molecule has 2 amide bonds. The summed E-state index contributed by atoms with van der Waals surface area (Å²) < 4.78 is 0.990. The molecule has 1 aliphatic rings. The molecule has 1 atom stereocenters. The molecule has 3 aromatic rings. The summed E-state index contributed by atoms with van der Waals surface area (Å²) in [5.74, 6) is 0.0196. The van der Waals surface area contributed by atoms with Crippen LogP contribution in [0.25, 0.3) is 10.8 Å². The van der Waals surface area contributed by atoms with Crippen molar-refractivity contribution in [1.29, 1.82) is 0 Å². The number of hydrogen-bond donors (Lipinski definition) is 5. The van der Waals surface area contributed by atoms with Crippen molar-refractivity contribution >= 4 is 46.0 Å². The lowest BCUT2D eigenvalue weighted by Gasteiger charge is -2.16. The summed E-state index contributed by atoms with van der Waals surface area (Å²) >= 11 is 0. The molecule has 7 N–H and O–H groups in total. The normalized spacial score (nSPS) is 15.4. The topological polar surface area (TPSA) is 153 Å². The molecule has 1 aliphatic carbocycles. The van der Waals surface area contributed by atoms with Gasteiger partial charge in [-0.15, -0.1) is 9.78 Å². The van der Waals surface area contributed by atoms with Crippen molar-refractivity contribution in [2.45, 2.75) is 12.5 Å². The van der Waals surface area contributed by atoms with Gasteiger partial charge < -0.3 is 27.4 Å². The fraction of sp³-hybridized carbons (Fsp3) is 0.143. The summed E-state index contributed by atoms with van der Waals surface area (Å²) in [5, 5.41) is 14.4. The van der Waals surface area contributed by atoms with Gasteiger partial charge in [-0.25, -0.2) is 4.79 Å². The maximum atomic E-state index is 12.6. The van der Waals surface area contributed by atoms with Gasteiger partial charge in [0.05, 0.1) is 6.04 Å². The molecule has 0 radical (unpaired) electrons. The first-order valence-corrected chi connectivity index (χ1v) is 9.63. The summed E-state index contributed by atoms with van der Waals surface area (Å²) in [6.07, 6.45) is 5.94. The third kappa shape index (κ3) is 4.17. The summed E-state index contributed by atoms with van der Waals surface area (Å²) in [6, 6.07) is 10.3. The zero-order valence-electron chi connectivity index (χ0n) is 16.8. The molecule has 0 bridgehead atoms. The highest BCUT2D eigenvalue weighted by Crippen LogP contribution is 2.24. The minimum atomic E-state index is -0.540. The molecule has 1 heterocycles. The lowest BCUT2D eigenvalue weighted by molar-refractivity contribution is -0.116. The van der Waals surface area contributed by atoms with E-state index in [1.807, 2.05) is 42.5 Å². The Morgan fingerprint density at radius 3 is 2.77 bits per heavy atom. The third-order valence-electron chi connectivity index (χ3n) is 4.89. The van der Waals surface area contributed by atoms with Crippen LogP contribution in [0.15, 0.2) is 60.2 Å². The van der Waals surface area contributed by atoms with Gasteiger partial charge in [0.25, 0.3) is 5.91 Å². The van der Waals surface area contributed by atoms with Gasteiger partial charge in [0.2, 0.25) is 11.9 Å². The number of carbonyl (C=O) groups is 2. The molecule has 2 aromatic carbocycles. The van der Waals surface area contributed by atoms with Crippen molar-refractivity contribution < 1.29 is 9.59 Å². The van der Waals surface area contributed by atoms with E-state index in [4.69, 9.17) is 11.5 Å². The first kappa shape index (κ1) is 20.0. The monoisotopic (exact) mass is 418 g/mol. The number of aromatic nitrogens is 3. The number of rotatable bonds is 4. The molecular formula is C21H22N8O2. The zero-order chi connectivity index (χ0) is 22.0. The molecule has 0 saturated heterocycles. The van der Waals surface area contributed by atoms with Gasteiger partial charge in [-0.1, -0.05) is 36.4 Å². The number of likely N-dealkylation sites (N-methyl/N-ethyl adjacent to an activating group) is 1. The molecule has 0 fully saturated rings. The molecule has 10 heteroatoms. The van der Waals surface area contributed by atoms with Gasteiger partial charge >= 0.3 is 6.03 Å². The zero-order valence-corrected chi connectivity index (χ0v) is 16.8. The average Bonchev–Trinajstić information content (AvgIpc) is 3.14.